The number of carbonyl (C=O) groups is 1. The summed E-state index contributed by atoms with van der Waals surface area (Å²) in [5, 5.41) is 9.62. The number of amides is 1. The fourth-order valence-corrected chi connectivity index (χ4v) is 3.14. The third-order valence-electron chi connectivity index (χ3n) is 4.61. The number of aliphatic imine (C=N–C) groups is 1. The van der Waals surface area contributed by atoms with E-state index >= 15 is 0 Å². The van der Waals surface area contributed by atoms with E-state index in [0.717, 1.165) is 43.1 Å². The third-order valence-corrected chi connectivity index (χ3v) is 4.61. The van der Waals surface area contributed by atoms with E-state index in [9.17, 15) is 4.79 Å². The third kappa shape index (κ3) is 9.22. The summed E-state index contributed by atoms with van der Waals surface area (Å²) in [4.78, 5) is 18.4. The molecule has 1 aromatic rings. The molecule has 6 heteroatoms. The highest BCUT2D eigenvalue weighted by molar-refractivity contribution is 5.90. The van der Waals surface area contributed by atoms with Crippen molar-refractivity contribution < 1.29 is 4.79 Å². The van der Waals surface area contributed by atoms with Gasteiger partial charge in [0.25, 0.3) is 0 Å². The van der Waals surface area contributed by atoms with Crippen LogP contribution in [0.1, 0.15) is 59.4 Å². The molecule has 0 bridgehead atoms. The van der Waals surface area contributed by atoms with Crippen LogP contribution in [0.2, 0.25) is 0 Å². The van der Waals surface area contributed by atoms with Crippen molar-refractivity contribution in [1.29, 1.82) is 0 Å². The van der Waals surface area contributed by atoms with Crippen molar-refractivity contribution in [2.45, 2.75) is 72.5 Å². The second-order valence-electron chi connectivity index (χ2n) is 7.63. The zero-order valence-corrected chi connectivity index (χ0v) is 18.5. The minimum atomic E-state index is 0.0616. The van der Waals surface area contributed by atoms with Crippen molar-refractivity contribution in [1.82, 2.24) is 15.5 Å². The number of nitrogens with zero attached hydrogens (tertiary/aromatic N) is 2. The number of rotatable bonds is 11. The number of benzene rings is 1. The van der Waals surface area contributed by atoms with E-state index in [4.69, 9.17) is 0 Å². The molecule has 0 saturated heterocycles. The van der Waals surface area contributed by atoms with Crippen molar-refractivity contribution in [2.75, 3.05) is 25.5 Å². The molecule has 0 saturated carbocycles. The van der Waals surface area contributed by atoms with Gasteiger partial charge in [0.15, 0.2) is 5.96 Å². The van der Waals surface area contributed by atoms with E-state index in [2.05, 4.69) is 53.5 Å². The minimum absolute atomic E-state index is 0.0616. The van der Waals surface area contributed by atoms with Crippen LogP contribution in [0.4, 0.5) is 5.69 Å². The van der Waals surface area contributed by atoms with Crippen molar-refractivity contribution in [3.8, 4) is 0 Å². The molecule has 0 heterocycles. The van der Waals surface area contributed by atoms with Gasteiger partial charge in [-0.25, -0.2) is 0 Å². The topological polar surface area (TPSA) is 68.8 Å². The Labute approximate surface area is 171 Å². The first-order valence-electron chi connectivity index (χ1n) is 10.5. The van der Waals surface area contributed by atoms with Crippen molar-refractivity contribution in [3.63, 3.8) is 0 Å². The zero-order valence-electron chi connectivity index (χ0n) is 18.5. The van der Waals surface area contributed by atoms with Crippen LogP contribution in [0.5, 0.6) is 0 Å². The van der Waals surface area contributed by atoms with Crippen molar-refractivity contribution >= 4 is 17.6 Å². The summed E-state index contributed by atoms with van der Waals surface area (Å²) >= 11 is 0. The predicted molar refractivity (Wildman–Crippen MR) is 120 cm³/mol. The molecule has 0 fully saturated rings. The number of carbonyl (C=O) groups excluding carboxylic acids is 1. The van der Waals surface area contributed by atoms with Crippen LogP contribution >= 0.6 is 0 Å². The summed E-state index contributed by atoms with van der Waals surface area (Å²) in [6.07, 6.45) is 2.48. The van der Waals surface area contributed by atoms with E-state index in [1.807, 2.05) is 31.2 Å². The SMILES string of the molecule is CCCC(=O)Nc1ccc(CNC(=NC)NCCCN(C(C)C)C(C)C)cc1. The molecule has 0 spiro atoms. The molecule has 1 rings (SSSR count). The molecule has 158 valence electrons. The summed E-state index contributed by atoms with van der Waals surface area (Å²) in [7, 11) is 1.79. The number of hydrogen-bond donors (Lipinski definition) is 3. The van der Waals surface area contributed by atoms with E-state index in [-0.39, 0.29) is 5.91 Å². The summed E-state index contributed by atoms with van der Waals surface area (Å²) in [5.41, 5.74) is 1.98. The summed E-state index contributed by atoms with van der Waals surface area (Å²) < 4.78 is 0. The molecular formula is C22H39N5O. The Hall–Kier alpha value is -2.08. The molecule has 0 aliphatic carbocycles. The number of guanidine groups is 1. The van der Waals surface area contributed by atoms with E-state index in [0.29, 0.717) is 25.0 Å². The molecule has 0 radical (unpaired) electrons. The molecule has 1 aromatic carbocycles. The van der Waals surface area contributed by atoms with Gasteiger partial charge in [0.05, 0.1) is 0 Å². The van der Waals surface area contributed by atoms with Gasteiger partial charge in [-0.2, -0.15) is 0 Å². The fraction of sp³-hybridized carbons (Fsp3) is 0.636. The van der Waals surface area contributed by atoms with Gasteiger partial charge in [-0.3, -0.25) is 14.7 Å². The first kappa shape index (κ1) is 24.0. The normalized spacial score (nSPS) is 12.0. The molecule has 0 aliphatic heterocycles. The zero-order chi connectivity index (χ0) is 20.9. The number of hydrogen-bond acceptors (Lipinski definition) is 3. The van der Waals surface area contributed by atoms with Crippen LogP contribution in [-0.4, -0.2) is 49.0 Å². The van der Waals surface area contributed by atoms with Gasteiger partial charge in [0.1, 0.15) is 0 Å². The van der Waals surface area contributed by atoms with E-state index < -0.39 is 0 Å². The van der Waals surface area contributed by atoms with E-state index in [1.54, 1.807) is 7.05 Å². The summed E-state index contributed by atoms with van der Waals surface area (Å²) in [5.74, 6) is 0.868. The molecule has 0 atom stereocenters. The highest BCUT2D eigenvalue weighted by atomic mass is 16.1. The maximum Gasteiger partial charge on any atom is 0.224 e. The average Bonchev–Trinajstić information content (AvgIpc) is 2.64. The van der Waals surface area contributed by atoms with Crippen molar-refractivity contribution in [2.24, 2.45) is 4.99 Å². The highest BCUT2D eigenvalue weighted by Crippen LogP contribution is 2.10. The van der Waals surface area contributed by atoms with Crippen LogP contribution < -0.4 is 16.0 Å². The number of nitrogens with one attached hydrogen (secondary N) is 3. The Kier molecular flexibility index (Phi) is 11.3. The number of anilines is 1. The minimum Gasteiger partial charge on any atom is -0.356 e. The summed E-state index contributed by atoms with van der Waals surface area (Å²) in [6, 6.07) is 9.04. The first-order chi connectivity index (χ1) is 13.4. The molecule has 0 aromatic heterocycles. The molecule has 3 N–H and O–H groups in total. The first-order valence-corrected chi connectivity index (χ1v) is 10.5. The maximum absolute atomic E-state index is 11.6. The monoisotopic (exact) mass is 389 g/mol. The van der Waals surface area contributed by atoms with Crippen LogP contribution in [-0.2, 0) is 11.3 Å². The predicted octanol–water partition coefficient (Wildman–Crippen LogP) is 3.60. The molecule has 0 aliphatic rings. The van der Waals surface area contributed by atoms with Crippen LogP contribution in [0.15, 0.2) is 29.3 Å². The Morgan fingerprint density at radius 1 is 1.07 bits per heavy atom. The van der Waals surface area contributed by atoms with Crippen molar-refractivity contribution in [3.05, 3.63) is 29.8 Å². The lowest BCUT2D eigenvalue weighted by Gasteiger charge is -2.30. The smallest absolute Gasteiger partial charge is 0.224 e. The molecule has 0 unspecified atom stereocenters. The van der Waals surface area contributed by atoms with Crippen LogP contribution in [0, 0.1) is 0 Å². The lowest BCUT2D eigenvalue weighted by Crippen LogP contribution is -2.41. The van der Waals surface area contributed by atoms with Gasteiger partial charge < -0.3 is 16.0 Å². The molecule has 6 nitrogen and oxygen atoms in total. The molecule has 28 heavy (non-hydrogen) atoms. The quantitative estimate of drug-likeness (QED) is 0.307. The molecule has 1 amide bonds. The Morgan fingerprint density at radius 3 is 2.25 bits per heavy atom. The lowest BCUT2D eigenvalue weighted by atomic mass is 10.2. The fourth-order valence-electron chi connectivity index (χ4n) is 3.14. The standard InChI is InChI=1S/C22H39N5O/c1-7-9-21(28)26-20-12-10-19(11-13-20)16-25-22(23-6)24-14-8-15-27(17(2)3)18(4)5/h10-13,17-18H,7-9,14-16H2,1-6H3,(H,26,28)(H2,23,24,25). The second kappa shape index (κ2) is 13.2. The second-order valence-corrected chi connectivity index (χ2v) is 7.63. The Morgan fingerprint density at radius 2 is 1.71 bits per heavy atom. The Bertz CT molecular complexity index is 587. The van der Waals surface area contributed by atoms with E-state index in [1.165, 1.54) is 0 Å². The van der Waals surface area contributed by atoms with Gasteiger partial charge in [-0.1, -0.05) is 19.1 Å². The lowest BCUT2D eigenvalue weighted by molar-refractivity contribution is -0.116. The largest absolute Gasteiger partial charge is 0.356 e. The highest BCUT2D eigenvalue weighted by Gasteiger charge is 2.12. The maximum atomic E-state index is 11.6. The van der Waals surface area contributed by atoms with Gasteiger partial charge in [0.2, 0.25) is 5.91 Å². The summed E-state index contributed by atoms with van der Waals surface area (Å²) in [6.45, 7) is 13.6. The Balaban J connectivity index is 2.37. The molecular weight excluding hydrogens is 350 g/mol. The average molecular weight is 390 g/mol. The van der Waals surface area contributed by atoms with Gasteiger partial charge >= 0.3 is 0 Å². The van der Waals surface area contributed by atoms with Crippen LogP contribution in [0.25, 0.3) is 0 Å². The van der Waals surface area contributed by atoms with Gasteiger partial charge in [-0.05, 0) is 58.2 Å². The van der Waals surface area contributed by atoms with Gasteiger partial charge in [0, 0.05) is 50.9 Å². The van der Waals surface area contributed by atoms with Crippen LogP contribution in [0.3, 0.4) is 0 Å². The van der Waals surface area contributed by atoms with Gasteiger partial charge in [-0.15, -0.1) is 0 Å².